The molecule has 0 saturated carbocycles. The van der Waals surface area contributed by atoms with E-state index in [1.807, 2.05) is 44.2 Å². The minimum atomic E-state index is -1.21. The Kier molecular flexibility index (Phi) is 32.1. The molecule has 1 fully saturated rings. The van der Waals surface area contributed by atoms with Crippen molar-refractivity contribution in [1.29, 1.82) is 0 Å². The van der Waals surface area contributed by atoms with E-state index in [1.165, 1.54) is 12.1 Å². The second-order valence-corrected chi connectivity index (χ2v) is 12.8. The van der Waals surface area contributed by atoms with E-state index in [4.69, 9.17) is 64.4 Å². The van der Waals surface area contributed by atoms with Gasteiger partial charge in [-0.25, -0.2) is 0 Å². The Hall–Kier alpha value is -5.36. The fourth-order valence-electron chi connectivity index (χ4n) is 3.70. The van der Waals surface area contributed by atoms with Gasteiger partial charge in [-0.15, -0.1) is 0 Å². The van der Waals surface area contributed by atoms with Crippen molar-refractivity contribution in [3.8, 4) is 5.75 Å². The first kappa shape index (κ1) is 57.0. The van der Waals surface area contributed by atoms with Crippen LogP contribution in [0.25, 0.3) is 0 Å². The number of carboxylic acid groups (broad SMARTS) is 6. The highest BCUT2D eigenvalue weighted by molar-refractivity contribution is 7.80. The van der Waals surface area contributed by atoms with Crippen LogP contribution < -0.4 is 39.7 Å². The number of rotatable bonds is 15. The molecule has 2 aromatic carbocycles. The van der Waals surface area contributed by atoms with Crippen LogP contribution in [0.4, 0.5) is 0 Å². The number of benzene rings is 2. The highest BCUT2D eigenvalue weighted by Crippen LogP contribution is 2.11. The molecule has 20 N–H and O–H groups in total. The summed E-state index contributed by atoms with van der Waals surface area (Å²) in [5.74, 6) is -6.11. The summed E-state index contributed by atoms with van der Waals surface area (Å²) in [5.41, 5.74) is 32.2. The number of nitrogens with one attached hydrogen (secondary N) is 1. The number of hydrogen-bond acceptors (Lipinski definition) is 15. The number of aliphatic carboxylic acids is 6. The van der Waals surface area contributed by atoms with E-state index < -0.39 is 71.9 Å². The standard InChI is InChI=1S/C9H11NO3.C9H11NO2.C6H13NO2.C5H9NO2.C4H8N2O3.C3H7NO2S/c10-8(9(12)13)5-6-1-3-7(11)4-2-6;10-8(9(11)12)6-7-4-2-1-3-5-7;1-3-4(2)5(7)6(8)9;7-5(8)4-2-1-3-6-4;5-2(4(8)9)1-3(6)7;4-2(1-7)3(5)6/h1-4,8,11H,5,10H2,(H,12,13);1-5,8H,6,10H2,(H,11,12);4-5H,3,7H2,1-2H3,(H,8,9);4,6H,1-3H2,(H,7,8);2H,1,5H2,(H2,6,7)(H,8,9);2,7H,1,4H2,(H,5,6)/t2*8-;4-,5-;4-;2*2-/m000000/s1. The van der Waals surface area contributed by atoms with E-state index in [9.17, 15) is 33.6 Å². The van der Waals surface area contributed by atoms with Crippen molar-refractivity contribution in [3.63, 3.8) is 0 Å². The average molecular weight is 846 g/mol. The quantitative estimate of drug-likeness (QED) is 0.0942. The highest BCUT2D eigenvalue weighted by Gasteiger charge is 2.20. The van der Waals surface area contributed by atoms with Gasteiger partial charge in [0, 0.05) is 5.75 Å². The second-order valence-electron chi connectivity index (χ2n) is 12.4. The molecular weight excluding hydrogens is 786 g/mol. The van der Waals surface area contributed by atoms with E-state index in [1.54, 1.807) is 12.1 Å². The van der Waals surface area contributed by atoms with Gasteiger partial charge in [0.15, 0.2) is 0 Å². The minimum absolute atomic E-state index is 0.0718. The number of amides is 1. The summed E-state index contributed by atoms with van der Waals surface area (Å²) in [7, 11) is 0. The van der Waals surface area contributed by atoms with Gasteiger partial charge in [0.25, 0.3) is 0 Å². The van der Waals surface area contributed by atoms with Crippen molar-refractivity contribution < 1.29 is 69.3 Å². The van der Waals surface area contributed by atoms with Gasteiger partial charge in [-0.05, 0) is 61.4 Å². The molecule has 2 aromatic rings. The Morgan fingerprint density at radius 3 is 1.36 bits per heavy atom. The fourth-order valence-corrected chi connectivity index (χ4v) is 3.86. The van der Waals surface area contributed by atoms with Gasteiger partial charge >= 0.3 is 35.8 Å². The number of hydrogen-bond donors (Lipinski definition) is 15. The maximum absolute atomic E-state index is 10.4. The first-order valence-corrected chi connectivity index (χ1v) is 18.1. The molecule has 0 aromatic heterocycles. The predicted molar refractivity (Wildman–Crippen MR) is 216 cm³/mol. The lowest BCUT2D eigenvalue weighted by atomic mass is 10.0. The number of phenols is 1. The lowest BCUT2D eigenvalue weighted by Gasteiger charge is -2.11. The van der Waals surface area contributed by atoms with Crippen LogP contribution in [-0.2, 0) is 46.4 Å². The van der Waals surface area contributed by atoms with Crippen molar-refractivity contribution in [1.82, 2.24) is 5.32 Å². The van der Waals surface area contributed by atoms with E-state index >= 15 is 0 Å². The molecule has 58 heavy (non-hydrogen) atoms. The van der Waals surface area contributed by atoms with Crippen molar-refractivity contribution in [3.05, 3.63) is 65.7 Å². The lowest BCUT2D eigenvalue weighted by molar-refractivity contribution is -0.140. The first-order valence-electron chi connectivity index (χ1n) is 17.5. The van der Waals surface area contributed by atoms with Crippen LogP contribution in [0.1, 0.15) is 50.7 Å². The minimum Gasteiger partial charge on any atom is -0.508 e. The van der Waals surface area contributed by atoms with Gasteiger partial charge in [-0.3, -0.25) is 33.6 Å². The molecule has 7 atom stereocenters. The van der Waals surface area contributed by atoms with Gasteiger partial charge in [-0.1, -0.05) is 62.7 Å². The van der Waals surface area contributed by atoms with Crippen LogP contribution >= 0.6 is 12.6 Å². The maximum Gasteiger partial charge on any atom is 0.321 e. The molecule has 0 radical (unpaired) electrons. The number of carboxylic acids is 6. The van der Waals surface area contributed by atoms with Crippen LogP contribution in [0.15, 0.2) is 54.6 Å². The normalized spacial score (nSPS) is 15.4. The Balaban J connectivity index is -0.000000635. The third-order valence-electron chi connectivity index (χ3n) is 7.48. The van der Waals surface area contributed by atoms with Crippen molar-refractivity contribution in [2.45, 2.75) is 88.6 Å². The summed E-state index contributed by atoms with van der Waals surface area (Å²) in [6.45, 7) is 4.61. The van der Waals surface area contributed by atoms with Crippen molar-refractivity contribution >= 4 is 54.4 Å². The topological polar surface area (TPSA) is 429 Å². The summed E-state index contributed by atoms with van der Waals surface area (Å²) < 4.78 is 0. The number of aromatic hydroxyl groups is 1. The molecule has 1 aliphatic heterocycles. The van der Waals surface area contributed by atoms with E-state index in [2.05, 4.69) is 23.7 Å². The Morgan fingerprint density at radius 1 is 0.690 bits per heavy atom. The van der Waals surface area contributed by atoms with Gasteiger partial charge in [0.2, 0.25) is 5.91 Å². The molecule has 0 unspecified atom stereocenters. The van der Waals surface area contributed by atoms with Crippen LogP contribution in [0.5, 0.6) is 5.75 Å². The SMILES string of the molecule is CC[C@H](C)[C@H](N)C(=O)O.NC(=O)C[C@H](N)C(=O)O.N[C@@H](CS)C(=O)O.N[C@@H](Cc1ccc(O)cc1)C(=O)O.N[C@@H](Cc1ccccc1)C(=O)O.O=C(O)[C@@H]1CCCN1. The van der Waals surface area contributed by atoms with E-state index in [-0.39, 0.29) is 36.3 Å². The molecule has 0 spiro atoms. The molecule has 22 heteroatoms. The van der Waals surface area contributed by atoms with Crippen molar-refractivity contribution in [2.24, 2.45) is 40.3 Å². The molecule has 21 nitrogen and oxygen atoms in total. The summed E-state index contributed by atoms with van der Waals surface area (Å²) >= 11 is 3.65. The van der Waals surface area contributed by atoms with Crippen LogP contribution in [0.3, 0.4) is 0 Å². The van der Waals surface area contributed by atoms with E-state index in [0.717, 1.165) is 36.9 Å². The summed E-state index contributed by atoms with van der Waals surface area (Å²) in [5, 5.41) is 61.7. The Bertz CT molecular complexity index is 1520. The first-order chi connectivity index (χ1) is 26.9. The third kappa shape index (κ3) is 30.8. The molecule has 3 rings (SSSR count). The second kappa shape index (κ2) is 32.7. The molecule has 1 amide bonds. The maximum atomic E-state index is 10.4. The zero-order valence-electron chi connectivity index (χ0n) is 32.3. The van der Waals surface area contributed by atoms with Gasteiger partial charge in [0.05, 0.1) is 6.42 Å². The van der Waals surface area contributed by atoms with Gasteiger partial charge < -0.3 is 75.5 Å². The zero-order chi connectivity index (χ0) is 45.5. The summed E-state index contributed by atoms with van der Waals surface area (Å²) in [6.07, 6.45) is 2.95. The Morgan fingerprint density at radius 2 is 1.12 bits per heavy atom. The highest BCUT2D eigenvalue weighted by atomic mass is 32.1. The van der Waals surface area contributed by atoms with Gasteiger partial charge in [0.1, 0.15) is 42.0 Å². The van der Waals surface area contributed by atoms with Crippen LogP contribution in [0, 0.1) is 5.92 Å². The predicted octanol–water partition coefficient (Wildman–Crippen LogP) is -1.14. The molecular formula is C36H59N7O14S. The number of carbonyl (C=O) groups excluding carboxylic acids is 1. The van der Waals surface area contributed by atoms with Crippen LogP contribution in [-0.4, -0.2) is 126 Å². The molecule has 1 saturated heterocycles. The zero-order valence-corrected chi connectivity index (χ0v) is 33.2. The molecule has 0 aliphatic carbocycles. The number of phenolic OH excluding ortho intramolecular Hbond substituents is 1. The number of carbonyl (C=O) groups is 7. The smallest absolute Gasteiger partial charge is 0.321 e. The van der Waals surface area contributed by atoms with Crippen LogP contribution in [0.2, 0.25) is 0 Å². The molecule has 0 bridgehead atoms. The molecule has 1 aliphatic rings. The number of primary amides is 1. The average Bonchev–Trinajstić information content (AvgIpc) is 3.72. The summed E-state index contributed by atoms with van der Waals surface area (Å²) in [6, 6.07) is 11.0. The van der Waals surface area contributed by atoms with Gasteiger partial charge in [-0.2, -0.15) is 12.6 Å². The largest absolute Gasteiger partial charge is 0.508 e. The van der Waals surface area contributed by atoms with E-state index in [0.29, 0.717) is 6.42 Å². The Labute approximate surface area is 341 Å². The lowest BCUT2D eigenvalue weighted by Crippen LogP contribution is -2.36. The molecule has 328 valence electrons. The fraction of sp³-hybridized carbons (Fsp3) is 0.472. The van der Waals surface area contributed by atoms with Crippen molar-refractivity contribution in [2.75, 3.05) is 12.3 Å². The molecule has 1 heterocycles. The number of nitrogens with two attached hydrogens (primary N) is 6. The number of thiol groups is 1. The monoisotopic (exact) mass is 845 g/mol. The summed E-state index contributed by atoms with van der Waals surface area (Å²) in [4.78, 5) is 70.7. The third-order valence-corrected chi connectivity index (χ3v) is 7.87.